The molecule has 0 fully saturated rings. The van der Waals surface area contributed by atoms with Crippen LogP contribution in [0.1, 0.15) is 39.7 Å². The fraction of sp³-hybridized carbons (Fsp3) is 0.529. The number of benzene rings is 1. The van der Waals surface area contributed by atoms with Crippen LogP contribution in [0.25, 0.3) is 0 Å². The van der Waals surface area contributed by atoms with Crippen molar-refractivity contribution < 1.29 is 9.76 Å². The minimum Gasteiger partial charge on any atom is -0.432 e. The highest BCUT2D eigenvalue weighted by atomic mass is 16.5. The van der Waals surface area contributed by atoms with Crippen LogP contribution in [0.3, 0.4) is 0 Å². The van der Waals surface area contributed by atoms with Crippen molar-refractivity contribution in [1.29, 1.82) is 0 Å². The van der Waals surface area contributed by atoms with Crippen molar-refractivity contribution in [3.05, 3.63) is 48.6 Å². The first-order valence-corrected chi connectivity index (χ1v) is 7.19. The lowest BCUT2D eigenvalue weighted by atomic mass is 9.75. The summed E-state index contributed by atoms with van der Waals surface area (Å²) in [5.41, 5.74) is -0.400. The second-order valence-corrected chi connectivity index (χ2v) is 6.12. The summed E-state index contributed by atoms with van der Waals surface area (Å²) in [6, 6.07) is 10.4. The molecule has 2 atom stereocenters. The zero-order valence-electron chi connectivity index (χ0n) is 13.1. The summed E-state index contributed by atoms with van der Waals surface area (Å²) in [4.78, 5) is 0. The lowest BCUT2D eigenvalue weighted by molar-refractivity contribution is -0.0707. The van der Waals surface area contributed by atoms with Gasteiger partial charge in [0, 0.05) is 0 Å². The van der Waals surface area contributed by atoms with Crippen molar-refractivity contribution in [2.75, 3.05) is 0 Å². The molecule has 0 bridgehead atoms. The maximum Gasteiger partial charge on any atom is 0.296 e. The fourth-order valence-electron chi connectivity index (χ4n) is 1.76. The maximum atomic E-state index is 10.2. The summed E-state index contributed by atoms with van der Waals surface area (Å²) in [5, 5.41) is 10.2. The number of aliphatic hydroxyl groups is 1. The molecule has 0 saturated carbocycles. The predicted molar refractivity (Wildman–Crippen MR) is 85.9 cm³/mol. The van der Waals surface area contributed by atoms with E-state index in [-0.39, 0.29) is 0 Å². The highest BCUT2D eigenvalue weighted by molar-refractivity contribution is 6.29. The van der Waals surface area contributed by atoms with Gasteiger partial charge in [-0.05, 0) is 38.6 Å². The first-order chi connectivity index (χ1) is 9.28. The number of hydrogen-bond acceptors (Lipinski definition) is 2. The number of hydrogen-bond donors (Lipinski definition) is 1. The molecule has 2 nitrogen and oxygen atoms in total. The van der Waals surface area contributed by atoms with Gasteiger partial charge in [0.05, 0.1) is 5.60 Å². The Balaban J connectivity index is 2.40. The van der Waals surface area contributed by atoms with E-state index in [0.717, 1.165) is 12.8 Å². The molecule has 0 saturated heterocycles. The molecule has 109 valence electrons. The maximum absolute atomic E-state index is 10.2. The summed E-state index contributed by atoms with van der Waals surface area (Å²) in [6.45, 7) is 11.2. The molecule has 0 aliphatic rings. The van der Waals surface area contributed by atoms with E-state index in [1.165, 1.54) is 11.6 Å². The van der Waals surface area contributed by atoms with Gasteiger partial charge in [-0.1, -0.05) is 49.8 Å². The van der Waals surface area contributed by atoms with Crippen LogP contribution in [-0.2, 0) is 11.1 Å². The third-order valence-corrected chi connectivity index (χ3v) is 3.94. The molecule has 0 aliphatic heterocycles. The van der Waals surface area contributed by atoms with Crippen LogP contribution in [0.5, 0.6) is 0 Å². The monoisotopic (exact) mass is 273 g/mol. The van der Waals surface area contributed by atoms with Crippen LogP contribution in [0.2, 0.25) is 5.82 Å². The standard InChI is InChI=1S/C17H26BO2/c1-6-17(5,19)16(3,4)20-18-14(2)12-13-15-10-8-7-9-11-15/h6-11,14,19H,1,12-13H2,2-5H3. The minimum atomic E-state index is -1.05. The molecule has 1 aromatic rings. The second kappa shape index (κ2) is 7.10. The van der Waals surface area contributed by atoms with E-state index < -0.39 is 11.2 Å². The number of aryl methyl sites for hydroxylation is 1. The summed E-state index contributed by atoms with van der Waals surface area (Å²) < 4.78 is 5.79. The molecule has 1 N–H and O–H groups in total. The van der Waals surface area contributed by atoms with E-state index in [0.29, 0.717) is 5.82 Å². The fourth-order valence-corrected chi connectivity index (χ4v) is 1.76. The smallest absolute Gasteiger partial charge is 0.296 e. The first kappa shape index (κ1) is 17.0. The van der Waals surface area contributed by atoms with Crippen LogP contribution in [0.15, 0.2) is 43.0 Å². The Morgan fingerprint density at radius 3 is 2.45 bits per heavy atom. The Hall–Kier alpha value is -1.06. The third-order valence-electron chi connectivity index (χ3n) is 3.94. The van der Waals surface area contributed by atoms with Gasteiger partial charge in [-0.25, -0.2) is 0 Å². The second-order valence-electron chi connectivity index (χ2n) is 6.12. The summed E-state index contributed by atoms with van der Waals surface area (Å²) in [6.07, 6.45) is 3.58. The van der Waals surface area contributed by atoms with Crippen molar-refractivity contribution in [3.63, 3.8) is 0 Å². The van der Waals surface area contributed by atoms with Crippen molar-refractivity contribution in [2.45, 2.75) is 57.6 Å². The van der Waals surface area contributed by atoms with E-state index in [9.17, 15) is 5.11 Å². The zero-order valence-corrected chi connectivity index (χ0v) is 13.1. The summed E-state index contributed by atoms with van der Waals surface area (Å²) >= 11 is 0. The molecule has 0 amide bonds. The molecule has 3 heteroatoms. The van der Waals surface area contributed by atoms with Gasteiger partial charge in [-0.15, -0.1) is 6.58 Å². The van der Waals surface area contributed by atoms with Crippen LogP contribution in [0.4, 0.5) is 0 Å². The minimum absolute atomic E-state index is 0.329. The van der Waals surface area contributed by atoms with Crippen LogP contribution in [-0.4, -0.2) is 23.8 Å². The molecule has 20 heavy (non-hydrogen) atoms. The molecular weight excluding hydrogens is 247 g/mol. The average molecular weight is 273 g/mol. The van der Waals surface area contributed by atoms with Gasteiger partial charge in [0.2, 0.25) is 0 Å². The van der Waals surface area contributed by atoms with Gasteiger partial charge in [-0.2, -0.15) is 0 Å². The van der Waals surface area contributed by atoms with E-state index in [1.807, 2.05) is 27.4 Å². The molecule has 2 unspecified atom stereocenters. The first-order valence-electron chi connectivity index (χ1n) is 7.19. The highest BCUT2D eigenvalue weighted by Crippen LogP contribution is 2.27. The third kappa shape index (κ3) is 4.80. The van der Waals surface area contributed by atoms with E-state index in [1.54, 1.807) is 6.92 Å². The largest absolute Gasteiger partial charge is 0.432 e. The van der Waals surface area contributed by atoms with Gasteiger partial charge in [0.25, 0.3) is 7.48 Å². The van der Waals surface area contributed by atoms with Crippen LogP contribution < -0.4 is 0 Å². The van der Waals surface area contributed by atoms with Crippen molar-refractivity contribution in [1.82, 2.24) is 0 Å². The average Bonchev–Trinajstić information content (AvgIpc) is 2.44. The van der Waals surface area contributed by atoms with Gasteiger partial charge >= 0.3 is 0 Å². The molecule has 0 aliphatic carbocycles. The topological polar surface area (TPSA) is 29.5 Å². The van der Waals surface area contributed by atoms with Gasteiger partial charge in [0.15, 0.2) is 0 Å². The zero-order chi connectivity index (χ0) is 15.2. The number of rotatable bonds is 8. The Morgan fingerprint density at radius 2 is 1.90 bits per heavy atom. The van der Waals surface area contributed by atoms with Crippen molar-refractivity contribution in [3.8, 4) is 0 Å². The van der Waals surface area contributed by atoms with Crippen molar-refractivity contribution in [2.24, 2.45) is 0 Å². The Labute approximate surface area is 124 Å². The molecule has 1 radical (unpaired) electrons. The SMILES string of the molecule is C=CC(C)(O)C(C)(C)O[B]C(C)CCc1ccccc1. The van der Waals surface area contributed by atoms with Crippen LogP contribution >= 0.6 is 0 Å². The van der Waals surface area contributed by atoms with Crippen molar-refractivity contribution >= 4 is 7.48 Å². The lowest BCUT2D eigenvalue weighted by Crippen LogP contribution is -2.49. The van der Waals surface area contributed by atoms with E-state index in [2.05, 4.69) is 37.8 Å². The predicted octanol–water partition coefficient (Wildman–Crippen LogP) is 3.78. The normalized spacial score (nSPS) is 16.2. The van der Waals surface area contributed by atoms with Crippen LogP contribution in [0, 0.1) is 0 Å². The molecule has 0 aromatic heterocycles. The van der Waals surface area contributed by atoms with E-state index >= 15 is 0 Å². The highest BCUT2D eigenvalue weighted by Gasteiger charge is 2.37. The quantitative estimate of drug-likeness (QED) is 0.577. The molecule has 0 heterocycles. The molecule has 0 spiro atoms. The van der Waals surface area contributed by atoms with E-state index in [4.69, 9.17) is 4.65 Å². The Morgan fingerprint density at radius 1 is 1.30 bits per heavy atom. The molecule has 1 aromatic carbocycles. The Bertz CT molecular complexity index is 412. The van der Waals surface area contributed by atoms with Gasteiger partial charge in [0.1, 0.15) is 5.60 Å². The van der Waals surface area contributed by atoms with Gasteiger partial charge < -0.3 is 9.76 Å². The summed E-state index contributed by atoms with van der Waals surface area (Å²) in [7, 11) is 1.83. The molecular formula is C17H26BO2. The molecule has 1 rings (SSSR count). The summed E-state index contributed by atoms with van der Waals surface area (Å²) in [5.74, 6) is 0.329. The lowest BCUT2D eigenvalue weighted by Gasteiger charge is -2.38. The Kier molecular flexibility index (Phi) is 6.03. The van der Waals surface area contributed by atoms with Gasteiger partial charge in [-0.3, -0.25) is 0 Å².